The summed E-state index contributed by atoms with van der Waals surface area (Å²) in [5.74, 6) is 0.167. The van der Waals surface area contributed by atoms with Gasteiger partial charge in [0.05, 0.1) is 12.1 Å². The van der Waals surface area contributed by atoms with Gasteiger partial charge in [0.1, 0.15) is 0 Å². The molecule has 1 N–H and O–H groups in total. The Hall–Kier alpha value is -1.19. The lowest BCUT2D eigenvalue weighted by Crippen LogP contribution is -2.30. The van der Waals surface area contributed by atoms with Gasteiger partial charge in [-0.2, -0.15) is 0 Å². The van der Waals surface area contributed by atoms with E-state index in [1.54, 1.807) is 7.11 Å². The second-order valence-electron chi connectivity index (χ2n) is 6.25. The first kappa shape index (κ1) is 14.2. The fourth-order valence-electron chi connectivity index (χ4n) is 2.42. The van der Waals surface area contributed by atoms with Gasteiger partial charge in [0.15, 0.2) is 5.78 Å². The highest BCUT2D eigenvalue weighted by atomic mass is 16.5. The predicted molar refractivity (Wildman–Crippen MR) is 76.7 cm³/mol. The first-order valence-corrected chi connectivity index (χ1v) is 6.83. The van der Waals surface area contributed by atoms with Gasteiger partial charge < -0.3 is 10.1 Å². The Labute approximate surface area is 115 Å². The molecule has 1 heterocycles. The van der Waals surface area contributed by atoms with Crippen molar-refractivity contribution in [3.8, 4) is 0 Å². The van der Waals surface area contributed by atoms with E-state index in [2.05, 4.69) is 38.2 Å². The van der Waals surface area contributed by atoms with Gasteiger partial charge in [0.2, 0.25) is 0 Å². The van der Waals surface area contributed by atoms with Gasteiger partial charge in [-0.05, 0) is 17.4 Å². The summed E-state index contributed by atoms with van der Waals surface area (Å²) in [7, 11) is 1.69. The second kappa shape index (κ2) is 5.43. The van der Waals surface area contributed by atoms with Gasteiger partial charge in [0, 0.05) is 19.2 Å². The van der Waals surface area contributed by atoms with Crippen molar-refractivity contribution in [2.75, 3.05) is 13.7 Å². The Balaban J connectivity index is 2.08. The van der Waals surface area contributed by atoms with Crippen LogP contribution in [0.25, 0.3) is 0 Å². The van der Waals surface area contributed by atoms with Crippen molar-refractivity contribution in [3.05, 3.63) is 35.4 Å². The fraction of sp³-hybridized carbons (Fsp3) is 0.562. The van der Waals surface area contributed by atoms with Crippen LogP contribution >= 0.6 is 0 Å². The summed E-state index contributed by atoms with van der Waals surface area (Å²) in [4.78, 5) is 12.4. The summed E-state index contributed by atoms with van der Waals surface area (Å²) in [5.41, 5.74) is 2.15. The van der Waals surface area contributed by atoms with Crippen molar-refractivity contribution in [1.82, 2.24) is 5.32 Å². The summed E-state index contributed by atoms with van der Waals surface area (Å²) in [6, 6.07) is 7.87. The SMILES string of the molecule is COC1CNC(C(=O)c2ccc(C(C)(C)C)cc2)C1. The standard InChI is InChI=1S/C16H23NO2/c1-16(2,3)12-7-5-11(6-8-12)15(18)14-9-13(19-4)10-17-14/h5-8,13-14,17H,9-10H2,1-4H3. The van der Waals surface area contributed by atoms with E-state index < -0.39 is 0 Å². The zero-order valence-corrected chi connectivity index (χ0v) is 12.2. The molecule has 2 atom stereocenters. The summed E-state index contributed by atoms with van der Waals surface area (Å²) in [5, 5.41) is 3.23. The molecule has 3 heteroatoms. The van der Waals surface area contributed by atoms with Crippen LogP contribution in [-0.2, 0) is 10.2 Å². The van der Waals surface area contributed by atoms with E-state index in [1.165, 1.54) is 5.56 Å². The van der Waals surface area contributed by atoms with Crippen molar-refractivity contribution >= 4 is 5.78 Å². The van der Waals surface area contributed by atoms with Crippen molar-refractivity contribution in [2.24, 2.45) is 0 Å². The molecular weight excluding hydrogens is 238 g/mol. The smallest absolute Gasteiger partial charge is 0.179 e. The molecule has 0 saturated carbocycles. The van der Waals surface area contributed by atoms with Crippen LogP contribution in [0.15, 0.2) is 24.3 Å². The number of carbonyl (C=O) groups is 1. The van der Waals surface area contributed by atoms with Crippen LogP contribution in [0.1, 0.15) is 43.1 Å². The Morgan fingerprint density at radius 1 is 1.26 bits per heavy atom. The lowest BCUT2D eigenvalue weighted by atomic mass is 9.86. The Morgan fingerprint density at radius 2 is 1.89 bits per heavy atom. The number of rotatable bonds is 3. The van der Waals surface area contributed by atoms with Gasteiger partial charge >= 0.3 is 0 Å². The highest BCUT2D eigenvalue weighted by Crippen LogP contribution is 2.23. The maximum atomic E-state index is 12.4. The third-order valence-corrected chi connectivity index (χ3v) is 3.78. The molecule has 104 valence electrons. The molecule has 2 unspecified atom stereocenters. The summed E-state index contributed by atoms with van der Waals surface area (Å²) in [6.07, 6.45) is 0.916. The average Bonchev–Trinajstić information content (AvgIpc) is 2.86. The van der Waals surface area contributed by atoms with Crippen LogP contribution in [0.3, 0.4) is 0 Å². The molecule has 0 radical (unpaired) electrons. The highest BCUT2D eigenvalue weighted by molar-refractivity contribution is 6.00. The van der Waals surface area contributed by atoms with Crippen LogP contribution in [0, 0.1) is 0 Å². The van der Waals surface area contributed by atoms with Crippen LogP contribution < -0.4 is 5.32 Å². The average molecular weight is 261 g/mol. The Morgan fingerprint density at radius 3 is 2.37 bits per heavy atom. The quantitative estimate of drug-likeness (QED) is 0.850. The lowest BCUT2D eigenvalue weighted by Gasteiger charge is -2.19. The first-order chi connectivity index (χ1) is 8.91. The zero-order valence-electron chi connectivity index (χ0n) is 12.2. The minimum absolute atomic E-state index is 0.106. The third-order valence-electron chi connectivity index (χ3n) is 3.78. The molecule has 3 nitrogen and oxygen atoms in total. The molecule has 1 fully saturated rings. The van der Waals surface area contributed by atoms with E-state index in [9.17, 15) is 4.79 Å². The molecule has 1 aromatic carbocycles. The monoisotopic (exact) mass is 261 g/mol. The van der Waals surface area contributed by atoms with Gasteiger partial charge in [-0.25, -0.2) is 0 Å². The number of ketones is 1. The predicted octanol–water partition coefficient (Wildman–Crippen LogP) is 2.54. The summed E-state index contributed by atoms with van der Waals surface area (Å²) in [6.45, 7) is 7.27. The molecule has 19 heavy (non-hydrogen) atoms. The molecule has 0 spiro atoms. The summed E-state index contributed by atoms with van der Waals surface area (Å²) >= 11 is 0. The minimum Gasteiger partial charge on any atom is -0.380 e. The van der Waals surface area contributed by atoms with E-state index >= 15 is 0 Å². The van der Waals surface area contributed by atoms with E-state index in [4.69, 9.17) is 4.74 Å². The van der Waals surface area contributed by atoms with Crippen molar-refractivity contribution in [1.29, 1.82) is 0 Å². The number of hydrogen-bond acceptors (Lipinski definition) is 3. The molecular formula is C16H23NO2. The van der Waals surface area contributed by atoms with Gasteiger partial charge in [-0.1, -0.05) is 45.0 Å². The number of ether oxygens (including phenoxy) is 1. The van der Waals surface area contributed by atoms with E-state index in [1.807, 2.05) is 12.1 Å². The molecule has 1 aliphatic rings. The largest absolute Gasteiger partial charge is 0.380 e. The van der Waals surface area contributed by atoms with Crippen LogP contribution in [0.4, 0.5) is 0 Å². The second-order valence-corrected chi connectivity index (χ2v) is 6.25. The number of benzene rings is 1. The summed E-state index contributed by atoms with van der Waals surface area (Å²) < 4.78 is 5.28. The first-order valence-electron chi connectivity index (χ1n) is 6.83. The van der Waals surface area contributed by atoms with Gasteiger partial charge in [-0.3, -0.25) is 4.79 Å². The van der Waals surface area contributed by atoms with Crippen LogP contribution in [-0.4, -0.2) is 31.6 Å². The van der Waals surface area contributed by atoms with Crippen molar-refractivity contribution in [2.45, 2.75) is 44.8 Å². The lowest BCUT2D eigenvalue weighted by molar-refractivity contribution is 0.0919. The molecule has 0 bridgehead atoms. The maximum Gasteiger partial charge on any atom is 0.179 e. The topological polar surface area (TPSA) is 38.3 Å². The number of methoxy groups -OCH3 is 1. The Kier molecular flexibility index (Phi) is 4.07. The van der Waals surface area contributed by atoms with Crippen molar-refractivity contribution in [3.63, 3.8) is 0 Å². The maximum absolute atomic E-state index is 12.4. The van der Waals surface area contributed by atoms with Crippen LogP contribution in [0.2, 0.25) is 0 Å². The van der Waals surface area contributed by atoms with E-state index in [0.29, 0.717) is 0 Å². The van der Waals surface area contributed by atoms with Gasteiger partial charge in [-0.15, -0.1) is 0 Å². The molecule has 1 aliphatic heterocycles. The number of hydrogen-bond donors (Lipinski definition) is 1. The molecule has 1 aromatic rings. The molecule has 0 aliphatic carbocycles. The number of nitrogens with one attached hydrogen (secondary N) is 1. The third kappa shape index (κ3) is 3.23. The molecule has 0 aromatic heterocycles. The molecule has 1 saturated heterocycles. The van der Waals surface area contributed by atoms with Crippen molar-refractivity contribution < 1.29 is 9.53 Å². The number of carbonyl (C=O) groups excluding carboxylic acids is 1. The van der Waals surface area contributed by atoms with E-state index in [0.717, 1.165) is 18.5 Å². The van der Waals surface area contributed by atoms with E-state index in [-0.39, 0.29) is 23.3 Å². The highest BCUT2D eigenvalue weighted by Gasteiger charge is 2.29. The zero-order chi connectivity index (χ0) is 14.0. The van der Waals surface area contributed by atoms with Crippen LogP contribution in [0.5, 0.6) is 0 Å². The molecule has 2 rings (SSSR count). The van der Waals surface area contributed by atoms with Gasteiger partial charge in [0.25, 0.3) is 0 Å². The molecule has 0 amide bonds. The number of Topliss-reactive ketones (excluding diaryl/α,β-unsaturated/α-hetero) is 1. The minimum atomic E-state index is -0.106. The Bertz CT molecular complexity index is 445. The fourth-order valence-corrected chi connectivity index (χ4v) is 2.42. The normalized spacial score (nSPS) is 23.6.